The summed E-state index contributed by atoms with van der Waals surface area (Å²) in [4.78, 5) is 1.23. The molecule has 1 saturated carbocycles. The van der Waals surface area contributed by atoms with Crippen molar-refractivity contribution in [3.8, 4) is 0 Å². The molecule has 2 rings (SSSR count). The van der Waals surface area contributed by atoms with Crippen molar-refractivity contribution >= 4 is 11.5 Å². The molecule has 0 radical (unpaired) electrons. The lowest BCUT2D eigenvalue weighted by atomic mass is 9.73. The third-order valence-corrected chi connectivity index (χ3v) is 5.18. The van der Waals surface area contributed by atoms with Gasteiger partial charge in [-0.25, -0.2) is 0 Å². The van der Waals surface area contributed by atoms with Crippen molar-refractivity contribution in [2.75, 3.05) is 0 Å². The first-order valence-electron chi connectivity index (χ1n) is 7.22. The second kappa shape index (κ2) is 6.11. The molecule has 2 N–H and O–H groups in total. The van der Waals surface area contributed by atoms with Gasteiger partial charge in [0.05, 0.1) is 10.6 Å². The summed E-state index contributed by atoms with van der Waals surface area (Å²) in [6.45, 7) is 6.64. The fraction of sp³-hybridized carbons (Fsp3) is 0.857. The summed E-state index contributed by atoms with van der Waals surface area (Å²) in [5, 5.41) is 4.27. The zero-order chi connectivity index (χ0) is 13.1. The molecule has 1 fully saturated rings. The molecule has 3 nitrogen and oxygen atoms in total. The van der Waals surface area contributed by atoms with Crippen molar-refractivity contribution in [2.45, 2.75) is 64.8 Å². The molecule has 0 bridgehead atoms. The van der Waals surface area contributed by atoms with E-state index in [1.165, 1.54) is 48.5 Å². The number of aromatic nitrogens is 2. The molecule has 0 spiro atoms. The van der Waals surface area contributed by atoms with Crippen LogP contribution in [-0.4, -0.2) is 9.59 Å². The van der Waals surface area contributed by atoms with E-state index in [2.05, 4.69) is 30.4 Å². The van der Waals surface area contributed by atoms with Gasteiger partial charge in [0.1, 0.15) is 0 Å². The van der Waals surface area contributed by atoms with Crippen LogP contribution in [0.15, 0.2) is 0 Å². The minimum Gasteiger partial charge on any atom is -0.323 e. The Hall–Kier alpha value is -0.480. The quantitative estimate of drug-likeness (QED) is 0.900. The summed E-state index contributed by atoms with van der Waals surface area (Å²) in [7, 11) is 0. The predicted octanol–water partition coefficient (Wildman–Crippen LogP) is 3.88. The van der Waals surface area contributed by atoms with E-state index in [1.54, 1.807) is 0 Å². The van der Waals surface area contributed by atoms with Crippen LogP contribution in [0.5, 0.6) is 0 Å². The summed E-state index contributed by atoms with van der Waals surface area (Å²) in [5.41, 5.74) is 7.67. The second-order valence-corrected chi connectivity index (χ2v) is 6.61. The van der Waals surface area contributed by atoms with E-state index >= 15 is 0 Å². The van der Waals surface area contributed by atoms with Gasteiger partial charge in [0.15, 0.2) is 0 Å². The number of nitrogens with two attached hydrogens (primary N) is 1. The minimum atomic E-state index is 0.146. The van der Waals surface area contributed by atoms with Gasteiger partial charge in [0, 0.05) is 6.04 Å². The zero-order valence-corrected chi connectivity index (χ0v) is 12.5. The van der Waals surface area contributed by atoms with E-state index < -0.39 is 0 Å². The van der Waals surface area contributed by atoms with Gasteiger partial charge in [-0.1, -0.05) is 50.9 Å². The highest BCUT2D eigenvalue weighted by Crippen LogP contribution is 2.41. The monoisotopic (exact) mass is 267 g/mol. The molecule has 0 amide bonds. The van der Waals surface area contributed by atoms with Crippen LogP contribution in [0.25, 0.3) is 0 Å². The van der Waals surface area contributed by atoms with E-state index in [1.807, 2.05) is 0 Å². The Morgan fingerprint density at radius 3 is 2.72 bits per heavy atom. The van der Waals surface area contributed by atoms with E-state index in [4.69, 9.17) is 5.73 Å². The van der Waals surface area contributed by atoms with Gasteiger partial charge in [0.25, 0.3) is 0 Å². The van der Waals surface area contributed by atoms with Crippen LogP contribution in [0, 0.1) is 11.8 Å². The summed E-state index contributed by atoms with van der Waals surface area (Å²) >= 11 is 1.51. The maximum Gasteiger partial charge on any atom is 0.0829 e. The van der Waals surface area contributed by atoms with Crippen LogP contribution < -0.4 is 5.73 Å². The van der Waals surface area contributed by atoms with Crippen molar-refractivity contribution in [3.63, 3.8) is 0 Å². The molecule has 3 atom stereocenters. The van der Waals surface area contributed by atoms with E-state index in [-0.39, 0.29) is 6.04 Å². The molecular formula is C14H25N3S. The van der Waals surface area contributed by atoms with Crippen molar-refractivity contribution < 1.29 is 0 Å². The lowest BCUT2D eigenvalue weighted by Gasteiger charge is -2.34. The number of rotatable bonds is 4. The van der Waals surface area contributed by atoms with Gasteiger partial charge < -0.3 is 5.73 Å². The van der Waals surface area contributed by atoms with Crippen molar-refractivity contribution in [3.05, 3.63) is 10.6 Å². The molecule has 0 aliphatic heterocycles. The number of hydrogen-bond acceptors (Lipinski definition) is 4. The summed E-state index contributed by atoms with van der Waals surface area (Å²) in [6.07, 6.45) is 6.58. The zero-order valence-electron chi connectivity index (χ0n) is 11.7. The standard InChI is InChI=1S/C14H25N3S/c1-4-10-7-5-6-8-11(10)12(15)14-13(9(2)3)16-17-18-14/h9-12H,4-8,15H2,1-3H3. The Morgan fingerprint density at radius 2 is 2.06 bits per heavy atom. The average molecular weight is 267 g/mol. The maximum atomic E-state index is 6.55. The topological polar surface area (TPSA) is 51.8 Å². The van der Waals surface area contributed by atoms with Crippen LogP contribution in [0.1, 0.15) is 75.4 Å². The van der Waals surface area contributed by atoms with Gasteiger partial charge in [-0.3, -0.25) is 0 Å². The Morgan fingerprint density at radius 1 is 1.33 bits per heavy atom. The lowest BCUT2D eigenvalue weighted by Crippen LogP contribution is -2.30. The highest BCUT2D eigenvalue weighted by atomic mass is 32.1. The maximum absolute atomic E-state index is 6.55. The summed E-state index contributed by atoms with van der Waals surface area (Å²) in [5.74, 6) is 1.84. The summed E-state index contributed by atoms with van der Waals surface area (Å²) < 4.78 is 4.12. The van der Waals surface area contributed by atoms with Gasteiger partial charge in [-0.2, -0.15) is 0 Å². The Bertz CT molecular complexity index is 375. The van der Waals surface area contributed by atoms with E-state index in [0.29, 0.717) is 11.8 Å². The molecule has 0 saturated heterocycles. The van der Waals surface area contributed by atoms with E-state index in [0.717, 1.165) is 11.6 Å². The lowest BCUT2D eigenvalue weighted by molar-refractivity contribution is 0.197. The van der Waals surface area contributed by atoms with Gasteiger partial charge in [-0.05, 0) is 35.7 Å². The average Bonchev–Trinajstić information content (AvgIpc) is 2.87. The largest absolute Gasteiger partial charge is 0.323 e. The fourth-order valence-electron chi connectivity index (χ4n) is 3.25. The molecule has 1 aliphatic rings. The summed E-state index contributed by atoms with van der Waals surface area (Å²) in [6, 6.07) is 0.146. The first-order valence-corrected chi connectivity index (χ1v) is 8.00. The minimum absolute atomic E-state index is 0.146. The predicted molar refractivity (Wildman–Crippen MR) is 76.7 cm³/mol. The third-order valence-electron chi connectivity index (χ3n) is 4.34. The van der Waals surface area contributed by atoms with Crippen LogP contribution in [0.4, 0.5) is 0 Å². The van der Waals surface area contributed by atoms with Gasteiger partial charge in [0.2, 0.25) is 0 Å². The molecule has 1 aromatic rings. The number of nitrogens with zero attached hydrogens (tertiary/aromatic N) is 2. The van der Waals surface area contributed by atoms with Crippen LogP contribution in [-0.2, 0) is 0 Å². The van der Waals surface area contributed by atoms with Crippen LogP contribution >= 0.6 is 11.5 Å². The highest BCUT2D eigenvalue weighted by Gasteiger charge is 2.32. The number of hydrogen-bond donors (Lipinski definition) is 1. The Labute approximate surface area is 114 Å². The van der Waals surface area contributed by atoms with Crippen molar-refractivity contribution in [1.82, 2.24) is 9.59 Å². The highest BCUT2D eigenvalue weighted by molar-refractivity contribution is 7.05. The first kappa shape index (κ1) is 13.9. The molecular weight excluding hydrogens is 242 g/mol. The second-order valence-electron chi connectivity index (χ2n) is 5.82. The molecule has 18 heavy (non-hydrogen) atoms. The fourth-order valence-corrected chi connectivity index (χ4v) is 4.13. The normalized spacial score (nSPS) is 26.5. The van der Waals surface area contributed by atoms with Gasteiger partial charge >= 0.3 is 0 Å². The Kier molecular flexibility index (Phi) is 4.73. The third kappa shape index (κ3) is 2.75. The molecule has 3 unspecified atom stereocenters. The van der Waals surface area contributed by atoms with Gasteiger partial charge in [-0.15, -0.1) is 5.10 Å². The molecule has 1 heterocycles. The molecule has 1 aliphatic carbocycles. The smallest absolute Gasteiger partial charge is 0.0829 e. The first-order chi connectivity index (χ1) is 8.65. The Balaban J connectivity index is 2.18. The van der Waals surface area contributed by atoms with Crippen LogP contribution in [0.3, 0.4) is 0 Å². The molecule has 1 aromatic heterocycles. The SMILES string of the molecule is CCC1CCCCC1C(N)c1snnc1C(C)C. The van der Waals surface area contributed by atoms with Crippen molar-refractivity contribution in [2.24, 2.45) is 17.6 Å². The van der Waals surface area contributed by atoms with Crippen LogP contribution in [0.2, 0.25) is 0 Å². The van der Waals surface area contributed by atoms with Crippen molar-refractivity contribution in [1.29, 1.82) is 0 Å². The molecule has 4 heteroatoms. The van der Waals surface area contributed by atoms with E-state index in [9.17, 15) is 0 Å². The molecule has 102 valence electrons. The molecule has 0 aromatic carbocycles.